The lowest BCUT2D eigenvalue weighted by Crippen LogP contribution is -2.29. The van der Waals surface area contributed by atoms with Crippen LogP contribution in [0.15, 0.2) is 29.1 Å². The van der Waals surface area contributed by atoms with Crippen LogP contribution in [0.1, 0.15) is 33.6 Å². The van der Waals surface area contributed by atoms with Crippen molar-refractivity contribution in [3.63, 3.8) is 0 Å². The molecule has 1 aromatic heterocycles. The number of rotatable bonds is 5. The van der Waals surface area contributed by atoms with E-state index in [1.807, 2.05) is 6.07 Å². The first-order chi connectivity index (χ1) is 11.6. The van der Waals surface area contributed by atoms with E-state index in [0.717, 1.165) is 36.1 Å². The Morgan fingerprint density at radius 3 is 2.71 bits per heavy atom. The third kappa shape index (κ3) is 3.13. The number of hydrogen-bond donors (Lipinski definition) is 2. The van der Waals surface area contributed by atoms with E-state index < -0.39 is 0 Å². The standard InChI is InChI=1S/C18H20N2O4/c1-23-15-7-6-11(8-16(15)24-2)10-19-17(21)13-9-12-4-3-5-14(12)20-18(13)22/h6-9H,3-5,10H2,1-2H3,(H,19,21)(H,20,22). The Bertz CT molecular complexity index is 826. The van der Waals surface area contributed by atoms with Crippen molar-refractivity contribution in [3.05, 3.63) is 57.0 Å². The van der Waals surface area contributed by atoms with E-state index in [1.165, 1.54) is 0 Å². The van der Waals surface area contributed by atoms with Crippen molar-refractivity contribution in [2.24, 2.45) is 0 Å². The number of fused-ring (bicyclic) bond motifs is 1. The molecule has 6 heteroatoms. The highest BCUT2D eigenvalue weighted by atomic mass is 16.5. The number of aromatic amines is 1. The zero-order chi connectivity index (χ0) is 17.1. The summed E-state index contributed by atoms with van der Waals surface area (Å²) < 4.78 is 10.4. The van der Waals surface area contributed by atoms with E-state index in [0.29, 0.717) is 18.0 Å². The summed E-state index contributed by atoms with van der Waals surface area (Å²) in [6, 6.07) is 7.13. The fourth-order valence-corrected chi connectivity index (χ4v) is 2.95. The van der Waals surface area contributed by atoms with Gasteiger partial charge in [-0.2, -0.15) is 0 Å². The second-order valence-corrected chi connectivity index (χ2v) is 5.74. The third-order valence-electron chi connectivity index (χ3n) is 4.23. The van der Waals surface area contributed by atoms with Crippen LogP contribution in [-0.4, -0.2) is 25.1 Å². The molecule has 0 atom stereocenters. The summed E-state index contributed by atoms with van der Waals surface area (Å²) in [6.07, 6.45) is 2.79. The van der Waals surface area contributed by atoms with E-state index in [1.54, 1.807) is 32.4 Å². The Morgan fingerprint density at radius 1 is 1.17 bits per heavy atom. The van der Waals surface area contributed by atoms with Crippen LogP contribution in [0.4, 0.5) is 0 Å². The minimum atomic E-state index is -0.374. The van der Waals surface area contributed by atoms with Crippen molar-refractivity contribution in [2.75, 3.05) is 14.2 Å². The maximum Gasteiger partial charge on any atom is 0.261 e. The van der Waals surface area contributed by atoms with E-state index in [9.17, 15) is 9.59 Å². The van der Waals surface area contributed by atoms with E-state index in [2.05, 4.69) is 10.3 Å². The molecule has 0 saturated heterocycles. The molecule has 1 aliphatic rings. The summed E-state index contributed by atoms with van der Waals surface area (Å²) in [5.41, 5.74) is 2.71. The molecule has 0 bridgehead atoms. The molecule has 0 radical (unpaired) electrons. The van der Waals surface area contributed by atoms with Crippen LogP contribution in [0.25, 0.3) is 0 Å². The Balaban J connectivity index is 1.73. The van der Waals surface area contributed by atoms with Crippen LogP contribution in [0.2, 0.25) is 0 Å². The summed E-state index contributed by atoms with van der Waals surface area (Å²) in [6.45, 7) is 0.301. The van der Waals surface area contributed by atoms with Gasteiger partial charge in [0.15, 0.2) is 11.5 Å². The molecule has 3 rings (SSSR count). The van der Waals surface area contributed by atoms with Gasteiger partial charge in [-0.05, 0) is 48.6 Å². The van der Waals surface area contributed by atoms with E-state index >= 15 is 0 Å². The molecule has 0 saturated carbocycles. The van der Waals surface area contributed by atoms with Crippen molar-refractivity contribution in [2.45, 2.75) is 25.8 Å². The van der Waals surface area contributed by atoms with Gasteiger partial charge in [-0.3, -0.25) is 9.59 Å². The molecule has 6 nitrogen and oxygen atoms in total. The van der Waals surface area contributed by atoms with Gasteiger partial charge in [0.1, 0.15) is 5.56 Å². The molecule has 1 aromatic carbocycles. The average molecular weight is 328 g/mol. The Labute approximate surface area is 139 Å². The lowest BCUT2D eigenvalue weighted by atomic mass is 10.1. The topological polar surface area (TPSA) is 80.4 Å². The van der Waals surface area contributed by atoms with Crippen molar-refractivity contribution in [1.82, 2.24) is 10.3 Å². The fraction of sp³-hybridized carbons (Fsp3) is 0.333. The van der Waals surface area contributed by atoms with Crippen LogP contribution >= 0.6 is 0 Å². The lowest BCUT2D eigenvalue weighted by Gasteiger charge is -2.10. The summed E-state index contributed by atoms with van der Waals surface area (Å²) in [5.74, 6) is 0.850. The number of aromatic nitrogens is 1. The number of carbonyl (C=O) groups excluding carboxylic acids is 1. The van der Waals surface area contributed by atoms with Crippen molar-refractivity contribution in [1.29, 1.82) is 0 Å². The van der Waals surface area contributed by atoms with Crippen molar-refractivity contribution < 1.29 is 14.3 Å². The SMILES string of the molecule is COc1ccc(CNC(=O)c2cc3c([nH]c2=O)CCC3)cc1OC. The van der Waals surface area contributed by atoms with Gasteiger partial charge in [0, 0.05) is 12.2 Å². The number of carbonyl (C=O) groups is 1. The Hall–Kier alpha value is -2.76. The zero-order valence-corrected chi connectivity index (χ0v) is 13.8. The van der Waals surface area contributed by atoms with Crippen LogP contribution in [0.5, 0.6) is 11.5 Å². The van der Waals surface area contributed by atoms with Gasteiger partial charge >= 0.3 is 0 Å². The molecular formula is C18H20N2O4. The van der Waals surface area contributed by atoms with Crippen molar-refractivity contribution >= 4 is 5.91 Å². The number of pyridine rings is 1. The van der Waals surface area contributed by atoms with Crippen LogP contribution < -0.4 is 20.3 Å². The number of benzene rings is 1. The van der Waals surface area contributed by atoms with Gasteiger partial charge in [-0.25, -0.2) is 0 Å². The van der Waals surface area contributed by atoms with Crippen LogP contribution in [-0.2, 0) is 19.4 Å². The minimum Gasteiger partial charge on any atom is -0.493 e. The molecule has 1 aliphatic carbocycles. The first kappa shape index (κ1) is 16.1. The number of aryl methyl sites for hydroxylation is 2. The number of H-pyrrole nitrogens is 1. The van der Waals surface area contributed by atoms with E-state index in [4.69, 9.17) is 9.47 Å². The molecule has 2 N–H and O–H groups in total. The molecule has 0 fully saturated rings. The molecule has 1 amide bonds. The number of nitrogens with one attached hydrogen (secondary N) is 2. The maximum atomic E-state index is 12.3. The highest BCUT2D eigenvalue weighted by Crippen LogP contribution is 2.27. The highest BCUT2D eigenvalue weighted by Gasteiger charge is 2.18. The molecule has 0 aliphatic heterocycles. The average Bonchev–Trinajstić information content (AvgIpc) is 3.05. The predicted molar refractivity (Wildman–Crippen MR) is 89.8 cm³/mol. The second-order valence-electron chi connectivity index (χ2n) is 5.74. The van der Waals surface area contributed by atoms with Gasteiger partial charge in [0.2, 0.25) is 0 Å². The van der Waals surface area contributed by atoms with Gasteiger partial charge in [-0.15, -0.1) is 0 Å². The number of methoxy groups -OCH3 is 2. The minimum absolute atomic E-state index is 0.163. The summed E-state index contributed by atoms with van der Waals surface area (Å²) in [4.78, 5) is 27.2. The predicted octanol–water partition coefficient (Wildman–Crippen LogP) is 1.81. The summed E-state index contributed by atoms with van der Waals surface area (Å²) >= 11 is 0. The second kappa shape index (κ2) is 6.78. The monoisotopic (exact) mass is 328 g/mol. The maximum absolute atomic E-state index is 12.3. The van der Waals surface area contributed by atoms with E-state index in [-0.39, 0.29) is 17.0 Å². The molecular weight excluding hydrogens is 308 g/mol. The summed E-state index contributed by atoms with van der Waals surface area (Å²) in [5, 5.41) is 2.78. The quantitative estimate of drug-likeness (QED) is 0.877. The number of amides is 1. The largest absolute Gasteiger partial charge is 0.493 e. The van der Waals surface area contributed by atoms with Crippen LogP contribution in [0.3, 0.4) is 0 Å². The number of hydrogen-bond acceptors (Lipinski definition) is 4. The molecule has 0 spiro atoms. The normalized spacial score (nSPS) is 12.6. The first-order valence-electron chi connectivity index (χ1n) is 7.86. The Morgan fingerprint density at radius 2 is 1.96 bits per heavy atom. The molecule has 1 heterocycles. The van der Waals surface area contributed by atoms with Gasteiger partial charge < -0.3 is 19.8 Å². The lowest BCUT2D eigenvalue weighted by molar-refractivity contribution is 0.0949. The highest BCUT2D eigenvalue weighted by molar-refractivity contribution is 5.94. The van der Waals surface area contributed by atoms with Crippen LogP contribution in [0, 0.1) is 0 Å². The zero-order valence-electron chi connectivity index (χ0n) is 13.8. The third-order valence-corrected chi connectivity index (χ3v) is 4.23. The fourth-order valence-electron chi connectivity index (χ4n) is 2.95. The smallest absolute Gasteiger partial charge is 0.261 e. The van der Waals surface area contributed by atoms with Gasteiger partial charge in [0.25, 0.3) is 11.5 Å². The molecule has 126 valence electrons. The Kier molecular flexibility index (Phi) is 4.55. The summed E-state index contributed by atoms with van der Waals surface area (Å²) in [7, 11) is 3.13. The van der Waals surface area contributed by atoms with Crippen molar-refractivity contribution in [3.8, 4) is 11.5 Å². The first-order valence-corrected chi connectivity index (χ1v) is 7.86. The van der Waals surface area contributed by atoms with Gasteiger partial charge in [-0.1, -0.05) is 6.07 Å². The number of ether oxygens (including phenoxy) is 2. The molecule has 24 heavy (non-hydrogen) atoms. The van der Waals surface area contributed by atoms with Gasteiger partial charge in [0.05, 0.1) is 14.2 Å². The molecule has 0 unspecified atom stereocenters. The molecule has 2 aromatic rings.